The highest BCUT2D eigenvalue weighted by atomic mass is 16.6. The van der Waals surface area contributed by atoms with Crippen LogP contribution in [0.2, 0.25) is 0 Å². The molecule has 0 aliphatic carbocycles. The van der Waals surface area contributed by atoms with Crippen molar-refractivity contribution in [1.29, 1.82) is 0 Å². The molecular weight excluding hydrogens is 102 g/mol. The van der Waals surface area contributed by atoms with Crippen molar-refractivity contribution < 1.29 is 4.84 Å². The molecule has 1 N–H and O–H groups in total. The highest BCUT2D eigenvalue weighted by molar-refractivity contribution is 4.32. The molecule has 0 rings (SSSR count). The van der Waals surface area contributed by atoms with E-state index in [1.807, 2.05) is 6.92 Å². The van der Waals surface area contributed by atoms with Gasteiger partial charge in [-0.25, -0.2) is 5.48 Å². The molecular formula is C6H15NO. The van der Waals surface area contributed by atoms with E-state index in [2.05, 4.69) is 12.4 Å². The minimum absolute atomic E-state index is 0.754. The van der Waals surface area contributed by atoms with Crippen molar-refractivity contribution in [3.8, 4) is 0 Å². The molecule has 0 aliphatic heterocycles. The summed E-state index contributed by atoms with van der Waals surface area (Å²) in [4.78, 5) is 4.89. The van der Waals surface area contributed by atoms with Gasteiger partial charge in [0, 0.05) is 6.54 Å². The van der Waals surface area contributed by atoms with Gasteiger partial charge in [-0.05, 0) is 13.3 Å². The summed E-state index contributed by atoms with van der Waals surface area (Å²) >= 11 is 0. The van der Waals surface area contributed by atoms with Gasteiger partial charge in [-0.1, -0.05) is 13.3 Å². The van der Waals surface area contributed by atoms with Gasteiger partial charge >= 0.3 is 0 Å². The normalized spacial score (nSPS) is 9.75. The van der Waals surface area contributed by atoms with Crippen LogP contribution in [0.4, 0.5) is 0 Å². The molecule has 0 spiro atoms. The third kappa shape index (κ3) is 5.92. The van der Waals surface area contributed by atoms with Crippen LogP contribution in [-0.4, -0.2) is 13.2 Å². The molecule has 0 saturated heterocycles. The second kappa shape index (κ2) is 6.92. The molecule has 0 aliphatic rings. The van der Waals surface area contributed by atoms with Crippen molar-refractivity contribution in [3.63, 3.8) is 0 Å². The van der Waals surface area contributed by atoms with E-state index in [1.165, 1.54) is 12.8 Å². The molecule has 0 amide bonds. The van der Waals surface area contributed by atoms with Gasteiger partial charge in [-0.3, -0.25) is 0 Å². The second-order valence-electron chi connectivity index (χ2n) is 1.68. The number of hydrogen-bond donors (Lipinski definition) is 1. The van der Waals surface area contributed by atoms with E-state index in [0.29, 0.717) is 0 Å². The standard InChI is InChI=1S/C6H15NO/c1-3-5-6-7-8-4-2/h7H,3-6H2,1-2H3. The summed E-state index contributed by atoms with van der Waals surface area (Å²) in [6.45, 7) is 5.86. The first-order valence-electron chi connectivity index (χ1n) is 3.26. The molecule has 0 bridgehead atoms. The van der Waals surface area contributed by atoms with Crippen LogP contribution in [0, 0.1) is 0 Å². The predicted molar refractivity (Wildman–Crippen MR) is 34.5 cm³/mol. The first-order valence-corrected chi connectivity index (χ1v) is 3.26. The third-order valence-corrected chi connectivity index (χ3v) is 0.879. The number of hydrogen-bond acceptors (Lipinski definition) is 2. The van der Waals surface area contributed by atoms with Gasteiger partial charge in [-0.15, -0.1) is 0 Å². The largest absolute Gasteiger partial charge is 0.302 e. The fraction of sp³-hybridized carbons (Fsp3) is 1.00. The maximum atomic E-state index is 4.89. The lowest BCUT2D eigenvalue weighted by Gasteiger charge is -1.99. The SMILES string of the molecule is CCCCNOCC. The van der Waals surface area contributed by atoms with Gasteiger partial charge < -0.3 is 4.84 Å². The zero-order valence-electron chi connectivity index (χ0n) is 5.74. The Balaban J connectivity index is 2.53. The Bertz CT molecular complexity index is 33.5. The zero-order chi connectivity index (χ0) is 6.24. The molecule has 2 heteroatoms. The van der Waals surface area contributed by atoms with Crippen LogP contribution < -0.4 is 5.48 Å². The second-order valence-corrected chi connectivity index (χ2v) is 1.68. The Labute approximate surface area is 51.2 Å². The highest BCUT2D eigenvalue weighted by Gasteiger charge is 1.80. The molecule has 50 valence electrons. The first-order chi connectivity index (χ1) is 3.91. The van der Waals surface area contributed by atoms with Gasteiger partial charge in [0.25, 0.3) is 0 Å². The molecule has 0 fully saturated rings. The summed E-state index contributed by atoms with van der Waals surface area (Å²) in [7, 11) is 0. The molecule has 0 unspecified atom stereocenters. The molecule has 0 saturated carbocycles. The van der Waals surface area contributed by atoms with Crippen LogP contribution in [0.25, 0.3) is 0 Å². The summed E-state index contributed by atoms with van der Waals surface area (Å²) in [6.07, 6.45) is 2.42. The lowest BCUT2D eigenvalue weighted by molar-refractivity contribution is 0.0504. The Morgan fingerprint density at radius 2 is 2.12 bits per heavy atom. The van der Waals surface area contributed by atoms with E-state index in [1.54, 1.807) is 0 Å². The van der Waals surface area contributed by atoms with Crippen molar-refractivity contribution in [3.05, 3.63) is 0 Å². The van der Waals surface area contributed by atoms with Crippen LogP contribution >= 0.6 is 0 Å². The number of rotatable bonds is 5. The average molecular weight is 117 g/mol. The summed E-state index contributed by atoms with van der Waals surface area (Å²) in [5.41, 5.74) is 2.84. The molecule has 2 nitrogen and oxygen atoms in total. The first kappa shape index (κ1) is 7.92. The quantitative estimate of drug-likeness (QED) is 0.433. The maximum absolute atomic E-state index is 4.89. The maximum Gasteiger partial charge on any atom is 0.0653 e. The van der Waals surface area contributed by atoms with Gasteiger partial charge in [0.05, 0.1) is 6.61 Å². The van der Waals surface area contributed by atoms with Crippen molar-refractivity contribution >= 4 is 0 Å². The van der Waals surface area contributed by atoms with Gasteiger partial charge in [-0.2, -0.15) is 0 Å². The summed E-state index contributed by atoms with van der Waals surface area (Å²) in [6, 6.07) is 0. The number of hydroxylamine groups is 1. The minimum Gasteiger partial charge on any atom is -0.302 e. The van der Waals surface area contributed by atoms with Crippen LogP contribution in [0.1, 0.15) is 26.7 Å². The van der Waals surface area contributed by atoms with Crippen molar-refractivity contribution in [2.45, 2.75) is 26.7 Å². The number of unbranched alkanes of at least 4 members (excludes halogenated alkanes) is 1. The summed E-state index contributed by atoms with van der Waals surface area (Å²) in [5, 5.41) is 0. The van der Waals surface area contributed by atoms with E-state index < -0.39 is 0 Å². The topological polar surface area (TPSA) is 21.3 Å². The average Bonchev–Trinajstić information content (AvgIpc) is 1.81. The van der Waals surface area contributed by atoms with E-state index in [9.17, 15) is 0 Å². The molecule has 8 heavy (non-hydrogen) atoms. The molecule has 0 heterocycles. The molecule has 0 atom stereocenters. The Morgan fingerprint density at radius 1 is 1.38 bits per heavy atom. The van der Waals surface area contributed by atoms with Crippen LogP contribution in [0.15, 0.2) is 0 Å². The zero-order valence-corrected chi connectivity index (χ0v) is 5.74. The van der Waals surface area contributed by atoms with Gasteiger partial charge in [0.15, 0.2) is 0 Å². The Morgan fingerprint density at radius 3 is 2.62 bits per heavy atom. The lowest BCUT2D eigenvalue weighted by Crippen LogP contribution is -2.15. The third-order valence-electron chi connectivity index (χ3n) is 0.879. The summed E-state index contributed by atoms with van der Waals surface area (Å²) in [5.74, 6) is 0. The van der Waals surface area contributed by atoms with Crippen molar-refractivity contribution in [1.82, 2.24) is 5.48 Å². The molecule has 0 aromatic carbocycles. The molecule has 0 aromatic heterocycles. The van der Waals surface area contributed by atoms with Crippen LogP contribution in [0.5, 0.6) is 0 Å². The van der Waals surface area contributed by atoms with E-state index in [-0.39, 0.29) is 0 Å². The Hall–Kier alpha value is -0.0800. The smallest absolute Gasteiger partial charge is 0.0653 e. The lowest BCUT2D eigenvalue weighted by atomic mass is 10.3. The van der Waals surface area contributed by atoms with E-state index in [0.717, 1.165) is 13.2 Å². The fourth-order valence-electron chi connectivity index (χ4n) is 0.423. The monoisotopic (exact) mass is 117 g/mol. The van der Waals surface area contributed by atoms with Crippen molar-refractivity contribution in [2.75, 3.05) is 13.2 Å². The Kier molecular flexibility index (Phi) is 6.85. The molecule has 0 aromatic rings. The summed E-state index contributed by atoms with van der Waals surface area (Å²) < 4.78 is 0. The van der Waals surface area contributed by atoms with Crippen LogP contribution in [0.3, 0.4) is 0 Å². The van der Waals surface area contributed by atoms with E-state index >= 15 is 0 Å². The van der Waals surface area contributed by atoms with Gasteiger partial charge in [0.1, 0.15) is 0 Å². The van der Waals surface area contributed by atoms with E-state index in [4.69, 9.17) is 4.84 Å². The number of nitrogens with one attached hydrogen (secondary N) is 1. The predicted octanol–water partition coefficient (Wildman–Crippen LogP) is 1.33. The minimum atomic E-state index is 0.754. The molecule has 0 radical (unpaired) electrons. The fourth-order valence-corrected chi connectivity index (χ4v) is 0.423. The highest BCUT2D eigenvalue weighted by Crippen LogP contribution is 1.81. The van der Waals surface area contributed by atoms with Crippen molar-refractivity contribution in [2.24, 2.45) is 0 Å². The van der Waals surface area contributed by atoms with Crippen LogP contribution in [-0.2, 0) is 4.84 Å². The van der Waals surface area contributed by atoms with Gasteiger partial charge in [0.2, 0.25) is 0 Å².